The molecule has 0 fully saturated rings. The maximum absolute atomic E-state index is 9.13. The fraction of sp³-hybridized carbons (Fsp3) is 0.154. The Morgan fingerprint density at radius 2 is 2.11 bits per heavy atom. The molecule has 3 aromatic rings. The van der Waals surface area contributed by atoms with E-state index in [1.54, 1.807) is 6.33 Å². The minimum Gasteiger partial charge on any atom is -0.388 e. The van der Waals surface area contributed by atoms with Crippen molar-refractivity contribution in [3.05, 3.63) is 42.1 Å². The van der Waals surface area contributed by atoms with Gasteiger partial charge < -0.3 is 10.1 Å². The third kappa shape index (κ3) is 1.84. The van der Waals surface area contributed by atoms with E-state index in [2.05, 4.69) is 19.9 Å². The van der Waals surface area contributed by atoms with Gasteiger partial charge in [-0.2, -0.15) is 0 Å². The molecule has 5 heteroatoms. The van der Waals surface area contributed by atoms with Gasteiger partial charge in [0.25, 0.3) is 0 Å². The van der Waals surface area contributed by atoms with Crippen molar-refractivity contribution in [2.75, 3.05) is 0 Å². The van der Waals surface area contributed by atoms with E-state index in [0.29, 0.717) is 5.82 Å². The number of aromatic amines is 1. The standard InChI is InChI=1S/C13H12N4O/c1-8-4-11(17-13(6-18)16-8)9-2-3-10-12(5-9)15-7-14-10/h2-5,7,18H,6H2,1H3,(H,14,15). The van der Waals surface area contributed by atoms with Crippen LogP contribution in [-0.2, 0) is 6.61 Å². The van der Waals surface area contributed by atoms with Gasteiger partial charge in [-0.05, 0) is 25.1 Å². The average Bonchev–Trinajstić information content (AvgIpc) is 2.85. The summed E-state index contributed by atoms with van der Waals surface area (Å²) in [6.07, 6.45) is 1.67. The topological polar surface area (TPSA) is 74.7 Å². The summed E-state index contributed by atoms with van der Waals surface area (Å²) in [5.41, 5.74) is 4.52. The molecule has 0 atom stereocenters. The molecule has 1 aromatic carbocycles. The molecule has 5 nitrogen and oxygen atoms in total. The maximum atomic E-state index is 9.13. The van der Waals surface area contributed by atoms with Gasteiger partial charge in [-0.15, -0.1) is 0 Å². The third-order valence-corrected chi connectivity index (χ3v) is 2.76. The summed E-state index contributed by atoms with van der Waals surface area (Å²) >= 11 is 0. The molecule has 0 aliphatic rings. The van der Waals surface area contributed by atoms with Gasteiger partial charge >= 0.3 is 0 Å². The summed E-state index contributed by atoms with van der Waals surface area (Å²) in [6, 6.07) is 7.80. The van der Waals surface area contributed by atoms with Gasteiger partial charge in [0.05, 0.1) is 23.1 Å². The summed E-state index contributed by atoms with van der Waals surface area (Å²) in [5.74, 6) is 0.440. The summed E-state index contributed by atoms with van der Waals surface area (Å²) in [7, 11) is 0. The van der Waals surface area contributed by atoms with E-state index >= 15 is 0 Å². The number of fused-ring (bicyclic) bond motifs is 1. The molecule has 0 saturated heterocycles. The van der Waals surface area contributed by atoms with Crippen LogP contribution in [0.1, 0.15) is 11.5 Å². The molecule has 90 valence electrons. The van der Waals surface area contributed by atoms with E-state index in [9.17, 15) is 0 Å². The fourth-order valence-electron chi connectivity index (χ4n) is 1.94. The van der Waals surface area contributed by atoms with Crippen LogP contribution < -0.4 is 0 Å². The first-order valence-electron chi connectivity index (χ1n) is 5.65. The zero-order valence-electron chi connectivity index (χ0n) is 9.88. The molecule has 3 rings (SSSR count). The van der Waals surface area contributed by atoms with Crippen molar-refractivity contribution in [1.82, 2.24) is 19.9 Å². The van der Waals surface area contributed by atoms with Gasteiger partial charge in [0, 0.05) is 11.3 Å². The lowest BCUT2D eigenvalue weighted by Crippen LogP contribution is -1.98. The first kappa shape index (κ1) is 10.9. The lowest BCUT2D eigenvalue weighted by molar-refractivity contribution is 0.271. The monoisotopic (exact) mass is 240 g/mol. The lowest BCUT2D eigenvalue weighted by Gasteiger charge is -2.04. The predicted molar refractivity (Wildman–Crippen MR) is 67.8 cm³/mol. The van der Waals surface area contributed by atoms with E-state index < -0.39 is 0 Å². The van der Waals surface area contributed by atoms with E-state index in [1.807, 2.05) is 31.2 Å². The molecular weight excluding hydrogens is 228 g/mol. The second kappa shape index (κ2) is 4.19. The summed E-state index contributed by atoms with van der Waals surface area (Å²) in [4.78, 5) is 15.7. The molecule has 0 radical (unpaired) electrons. The molecule has 2 aromatic heterocycles. The normalized spacial score (nSPS) is 11.0. The number of benzene rings is 1. The number of aromatic nitrogens is 4. The number of H-pyrrole nitrogens is 1. The van der Waals surface area contributed by atoms with Crippen LogP contribution in [0.4, 0.5) is 0 Å². The van der Waals surface area contributed by atoms with Gasteiger partial charge in [-0.1, -0.05) is 6.07 Å². The molecule has 2 N–H and O–H groups in total. The van der Waals surface area contributed by atoms with Crippen LogP contribution in [0.5, 0.6) is 0 Å². The minimum atomic E-state index is -0.152. The first-order valence-corrected chi connectivity index (χ1v) is 5.65. The van der Waals surface area contributed by atoms with Crippen LogP contribution in [0.3, 0.4) is 0 Å². The van der Waals surface area contributed by atoms with Crippen molar-refractivity contribution in [1.29, 1.82) is 0 Å². The second-order valence-electron chi connectivity index (χ2n) is 4.10. The van der Waals surface area contributed by atoms with Crippen molar-refractivity contribution < 1.29 is 5.11 Å². The number of nitrogens with zero attached hydrogens (tertiary/aromatic N) is 3. The molecule has 0 aliphatic heterocycles. The Morgan fingerprint density at radius 1 is 1.22 bits per heavy atom. The highest BCUT2D eigenvalue weighted by molar-refractivity contribution is 5.80. The molecule has 0 unspecified atom stereocenters. The molecule has 18 heavy (non-hydrogen) atoms. The Bertz CT molecular complexity index is 705. The van der Waals surface area contributed by atoms with Crippen LogP contribution in [0.25, 0.3) is 22.3 Å². The van der Waals surface area contributed by atoms with Gasteiger partial charge in [0.15, 0.2) is 5.82 Å². The molecule has 0 amide bonds. The third-order valence-electron chi connectivity index (χ3n) is 2.76. The number of nitrogens with one attached hydrogen (secondary N) is 1. The number of aliphatic hydroxyl groups excluding tert-OH is 1. The Balaban J connectivity index is 2.15. The van der Waals surface area contributed by atoms with Gasteiger partial charge in [0.2, 0.25) is 0 Å². The number of rotatable bonds is 2. The summed E-state index contributed by atoms with van der Waals surface area (Å²) < 4.78 is 0. The van der Waals surface area contributed by atoms with Gasteiger partial charge in [-0.25, -0.2) is 15.0 Å². The fourth-order valence-corrected chi connectivity index (χ4v) is 1.94. The largest absolute Gasteiger partial charge is 0.388 e. The predicted octanol–water partition coefficient (Wildman–Crippen LogP) is 1.82. The molecule has 0 aliphatic carbocycles. The van der Waals surface area contributed by atoms with Crippen LogP contribution in [0.2, 0.25) is 0 Å². The van der Waals surface area contributed by atoms with Crippen molar-refractivity contribution in [3.8, 4) is 11.3 Å². The van der Waals surface area contributed by atoms with Crippen molar-refractivity contribution in [3.63, 3.8) is 0 Å². The quantitative estimate of drug-likeness (QED) is 0.716. The molecule has 0 bridgehead atoms. The molecule has 2 heterocycles. The molecule has 0 spiro atoms. The first-order chi connectivity index (χ1) is 8.76. The lowest BCUT2D eigenvalue weighted by atomic mass is 10.1. The number of aryl methyl sites for hydroxylation is 1. The van der Waals surface area contributed by atoms with Crippen molar-refractivity contribution in [2.45, 2.75) is 13.5 Å². The molecular formula is C13H12N4O. The highest BCUT2D eigenvalue weighted by Crippen LogP contribution is 2.21. The second-order valence-corrected chi connectivity index (χ2v) is 4.10. The SMILES string of the molecule is Cc1cc(-c2ccc3nc[nH]c3c2)nc(CO)n1. The smallest absolute Gasteiger partial charge is 0.154 e. The van der Waals surface area contributed by atoms with E-state index in [0.717, 1.165) is 28.0 Å². The Labute approximate surface area is 104 Å². The number of imidazole rings is 1. The van der Waals surface area contributed by atoms with Crippen molar-refractivity contribution >= 4 is 11.0 Å². The highest BCUT2D eigenvalue weighted by Gasteiger charge is 2.05. The van der Waals surface area contributed by atoms with Crippen LogP contribution in [-0.4, -0.2) is 25.0 Å². The zero-order valence-corrected chi connectivity index (χ0v) is 9.88. The number of hydrogen-bond donors (Lipinski definition) is 2. The van der Waals surface area contributed by atoms with E-state index in [4.69, 9.17) is 5.11 Å². The maximum Gasteiger partial charge on any atom is 0.154 e. The summed E-state index contributed by atoms with van der Waals surface area (Å²) in [5, 5.41) is 9.13. The molecule has 0 saturated carbocycles. The number of hydrogen-bond acceptors (Lipinski definition) is 4. The van der Waals surface area contributed by atoms with Crippen molar-refractivity contribution in [2.24, 2.45) is 0 Å². The zero-order chi connectivity index (χ0) is 12.5. The van der Waals surface area contributed by atoms with E-state index in [1.165, 1.54) is 0 Å². The minimum absolute atomic E-state index is 0.152. The van der Waals surface area contributed by atoms with Crippen LogP contribution in [0.15, 0.2) is 30.6 Å². The van der Waals surface area contributed by atoms with Gasteiger partial charge in [0.1, 0.15) is 6.61 Å². The Morgan fingerprint density at radius 3 is 2.94 bits per heavy atom. The van der Waals surface area contributed by atoms with Gasteiger partial charge in [-0.3, -0.25) is 0 Å². The van der Waals surface area contributed by atoms with E-state index in [-0.39, 0.29) is 6.61 Å². The Kier molecular flexibility index (Phi) is 2.53. The highest BCUT2D eigenvalue weighted by atomic mass is 16.3. The average molecular weight is 240 g/mol. The number of aliphatic hydroxyl groups is 1. The Hall–Kier alpha value is -2.27. The van der Waals surface area contributed by atoms with Crippen LogP contribution >= 0.6 is 0 Å². The van der Waals surface area contributed by atoms with Crippen LogP contribution in [0, 0.1) is 6.92 Å². The summed E-state index contributed by atoms with van der Waals surface area (Å²) in [6.45, 7) is 1.74.